The predicted molar refractivity (Wildman–Crippen MR) is 76.4 cm³/mol. The number of benzene rings is 1. The monoisotopic (exact) mass is 308 g/mol. The van der Waals surface area contributed by atoms with Crippen molar-refractivity contribution in [2.75, 3.05) is 6.54 Å². The Morgan fingerprint density at radius 1 is 1.28 bits per heavy atom. The third kappa shape index (κ3) is 3.00. The highest BCUT2D eigenvalue weighted by atomic mass is 79.9. The Balaban J connectivity index is 2.17. The summed E-state index contributed by atoms with van der Waals surface area (Å²) < 4.78 is 6.51. The van der Waals surface area contributed by atoms with Crippen molar-refractivity contribution in [2.45, 2.75) is 26.8 Å². The molecule has 0 atom stereocenters. The van der Waals surface area contributed by atoms with Crippen molar-refractivity contribution in [1.29, 1.82) is 0 Å². The quantitative estimate of drug-likeness (QED) is 0.851. The van der Waals surface area contributed by atoms with Crippen LogP contribution in [0.3, 0.4) is 0 Å². The molecule has 1 aromatic heterocycles. The van der Waals surface area contributed by atoms with Crippen LogP contribution in [0.4, 0.5) is 0 Å². The van der Waals surface area contributed by atoms with Crippen LogP contribution in [0.25, 0.3) is 11.3 Å². The molecule has 0 fully saturated rings. The molecule has 1 aromatic carbocycles. The highest BCUT2D eigenvalue weighted by Gasteiger charge is 2.12. The smallest absolute Gasteiger partial charge is 0.170 e. The summed E-state index contributed by atoms with van der Waals surface area (Å²) in [5.41, 5.74) is 3.16. The Hall–Kier alpha value is -1.13. The molecular weight excluding hydrogens is 292 g/mol. The predicted octanol–water partition coefficient (Wildman–Crippen LogP) is 3.91. The lowest BCUT2D eigenvalue weighted by atomic mass is 10.1. The van der Waals surface area contributed by atoms with E-state index in [0.29, 0.717) is 0 Å². The van der Waals surface area contributed by atoms with E-state index in [9.17, 15) is 0 Å². The fourth-order valence-corrected chi connectivity index (χ4v) is 2.05. The van der Waals surface area contributed by atoms with E-state index in [-0.39, 0.29) is 0 Å². The van der Waals surface area contributed by atoms with Crippen molar-refractivity contribution in [1.82, 2.24) is 10.5 Å². The lowest BCUT2D eigenvalue weighted by molar-refractivity contribution is 0.420. The number of hydrogen-bond donors (Lipinski definition) is 1. The topological polar surface area (TPSA) is 38.1 Å². The molecular formula is C14H17BrN2O. The van der Waals surface area contributed by atoms with Gasteiger partial charge in [0, 0.05) is 22.1 Å². The van der Waals surface area contributed by atoms with E-state index in [1.165, 1.54) is 0 Å². The average Bonchev–Trinajstić information content (AvgIpc) is 2.73. The molecule has 3 nitrogen and oxygen atoms in total. The van der Waals surface area contributed by atoms with Gasteiger partial charge in [-0.05, 0) is 32.0 Å². The average molecular weight is 309 g/mol. The second-order valence-electron chi connectivity index (χ2n) is 4.27. The second-order valence-corrected chi connectivity index (χ2v) is 5.18. The molecule has 0 unspecified atom stereocenters. The van der Waals surface area contributed by atoms with Gasteiger partial charge < -0.3 is 9.84 Å². The molecule has 2 rings (SSSR count). The lowest BCUT2D eigenvalue weighted by Gasteiger charge is -2.00. The van der Waals surface area contributed by atoms with E-state index in [0.717, 1.165) is 46.6 Å². The van der Waals surface area contributed by atoms with Crippen molar-refractivity contribution < 1.29 is 4.52 Å². The molecule has 1 N–H and O–H groups in total. The minimum absolute atomic E-state index is 0.764. The Morgan fingerprint density at radius 2 is 2.00 bits per heavy atom. The summed E-state index contributed by atoms with van der Waals surface area (Å²) in [6, 6.07) is 8.07. The van der Waals surface area contributed by atoms with Crippen molar-refractivity contribution >= 4 is 15.9 Å². The minimum atomic E-state index is 0.764. The van der Waals surface area contributed by atoms with Gasteiger partial charge in [0.1, 0.15) is 5.69 Å². The lowest BCUT2D eigenvalue weighted by Crippen LogP contribution is -2.14. The summed E-state index contributed by atoms with van der Waals surface area (Å²) in [5.74, 6) is 0.857. The highest BCUT2D eigenvalue weighted by molar-refractivity contribution is 9.10. The van der Waals surface area contributed by atoms with Crippen LogP contribution >= 0.6 is 15.9 Å². The van der Waals surface area contributed by atoms with Crippen LogP contribution in [-0.2, 0) is 6.54 Å². The summed E-state index contributed by atoms with van der Waals surface area (Å²) in [4.78, 5) is 0. The molecule has 0 amide bonds. The van der Waals surface area contributed by atoms with Gasteiger partial charge in [0.15, 0.2) is 5.76 Å². The first kappa shape index (κ1) is 13.3. The SMILES string of the molecule is CCCNCc1noc(-c2ccc(Br)cc2)c1C. The first-order chi connectivity index (χ1) is 8.72. The molecule has 1 heterocycles. The molecule has 0 aliphatic heterocycles. The van der Waals surface area contributed by atoms with Gasteiger partial charge >= 0.3 is 0 Å². The van der Waals surface area contributed by atoms with Gasteiger partial charge in [-0.3, -0.25) is 0 Å². The molecule has 0 radical (unpaired) electrons. The molecule has 0 bridgehead atoms. The molecule has 0 aliphatic rings. The highest BCUT2D eigenvalue weighted by Crippen LogP contribution is 2.26. The maximum atomic E-state index is 5.45. The van der Waals surface area contributed by atoms with Crippen molar-refractivity contribution in [2.24, 2.45) is 0 Å². The maximum Gasteiger partial charge on any atom is 0.170 e. The second kappa shape index (κ2) is 6.16. The Labute approximate surface area is 116 Å². The fraction of sp³-hybridized carbons (Fsp3) is 0.357. The Kier molecular flexibility index (Phi) is 4.55. The minimum Gasteiger partial charge on any atom is -0.356 e. The molecule has 0 saturated heterocycles. The van der Waals surface area contributed by atoms with E-state index in [4.69, 9.17) is 4.52 Å². The molecule has 18 heavy (non-hydrogen) atoms. The molecule has 0 spiro atoms. The van der Waals surface area contributed by atoms with E-state index in [2.05, 4.69) is 40.3 Å². The summed E-state index contributed by atoms with van der Waals surface area (Å²) >= 11 is 3.43. The number of nitrogens with zero attached hydrogens (tertiary/aromatic N) is 1. The fourth-order valence-electron chi connectivity index (χ4n) is 1.79. The van der Waals surface area contributed by atoms with E-state index >= 15 is 0 Å². The number of nitrogens with one attached hydrogen (secondary N) is 1. The Morgan fingerprint density at radius 3 is 2.67 bits per heavy atom. The van der Waals surface area contributed by atoms with Crippen LogP contribution in [0.2, 0.25) is 0 Å². The first-order valence-corrected chi connectivity index (χ1v) is 6.93. The zero-order valence-corrected chi connectivity index (χ0v) is 12.3. The zero-order chi connectivity index (χ0) is 13.0. The van der Waals surface area contributed by atoms with Gasteiger partial charge in [-0.25, -0.2) is 0 Å². The first-order valence-electron chi connectivity index (χ1n) is 6.14. The molecule has 96 valence electrons. The number of rotatable bonds is 5. The van der Waals surface area contributed by atoms with Crippen LogP contribution in [0, 0.1) is 6.92 Å². The number of aromatic nitrogens is 1. The summed E-state index contributed by atoms with van der Waals surface area (Å²) in [6.45, 7) is 5.96. The Bertz CT molecular complexity index is 505. The van der Waals surface area contributed by atoms with Gasteiger partial charge in [0.25, 0.3) is 0 Å². The van der Waals surface area contributed by atoms with Gasteiger partial charge in [-0.15, -0.1) is 0 Å². The summed E-state index contributed by atoms with van der Waals surface area (Å²) in [5, 5.41) is 7.47. The van der Waals surface area contributed by atoms with Crippen LogP contribution in [0.5, 0.6) is 0 Å². The van der Waals surface area contributed by atoms with Crippen LogP contribution < -0.4 is 5.32 Å². The van der Waals surface area contributed by atoms with Gasteiger partial charge in [0.05, 0.1) is 0 Å². The molecule has 0 aliphatic carbocycles. The standard InChI is InChI=1S/C14H17BrN2O/c1-3-8-16-9-13-10(2)14(18-17-13)11-4-6-12(15)7-5-11/h4-7,16H,3,8-9H2,1-2H3. The van der Waals surface area contributed by atoms with E-state index in [1.54, 1.807) is 0 Å². The van der Waals surface area contributed by atoms with Crippen molar-refractivity contribution in [3.63, 3.8) is 0 Å². The largest absolute Gasteiger partial charge is 0.356 e. The zero-order valence-electron chi connectivity index (χ0n) is 10.7. The van der Waals surface area contributed by atoms with Crippen LogP contribution in [0.15, 0.2) is 33.3 Å². The van der Waals surface area contributed by atoms with E-state index in [1.807, 2.05) is 24.3 Å². The molecule has 2 aromatic rings. The van der Waals surface area contributed by atoms with Crippen molar-refractivity contribution in [3.05, 3.63) is 40.0 Å². The third-order valence-electron chi connectivity index (χ3n) is 2.85. The van der Waals surface area contributed by atoms with Crippen LogP contribution in [-0.4, -0.2) is 11.7 Å². The number of halogens is 1. The normalized spacial score (nSPS) is 10.8. The van der Waals surface area contributed by atoms with Gasteiger partial charge in [-0.2, -0.15) is 0 Å². The molecule has 0 saturated carbocycles. The summed E-state index contributed by atoms with van der Waals surface area (Å²) in [7, 11) is 0. The summed E-state index contributed by atoms with van der Waals surface area (Å²) in [6.07, 6.45) is 1.12. The van der Waals surface area contributed by atoms with Gasteiger partial charge in [-0.1, -0.05) is 40.1 Å². The number of hydrogen-bond acceptors (Lipinski definition) is 3. The van der Waals surface area contributed by atoms with Crippen LogP contribution in [0.1, 0.15) is 24.6 Å². The van der Waals surface area contributed by atoms with Crippen molar-refractivity contribution in [3.8, 4) is 11.3 Å². The molecule has 4 heteroatoms. The van der Waals surface area contributed by atoms with E-state index < -0.39 is 0 Å². The third-order valence-corrected chi connectivity index (χ3v) is 3.37. The maximum absolute atomic E-state index is 5.45. The van der Waals surface area contributed by atoms with Gasteiger partial charge in [0.2, 0.25) is 0 Å².